The number of benzene rings is 8. The summed E-state index contributed by atoms with van der Waals surface area (Å²) < 4.78 is 0. The molecule has 8 aromatic carbocycles. The molecule has 0 fully saturated rings. The van der Waals surface area contributed by atoms with Gasteiger partial charge in [0.15, 0.2) is 0 Å². The predicted molar refractivity (Wildman–Crippen MR) is 250 cm³/mol. The molecule has 0 unspecified atom stereocenters. The SMILES string of the molecule is Cc1c2c(-c3ccc(C#N)cc3)nc3cc(-c4ccc([PH](O)(c5ccccc5)c5ccccc5)cc4)ccc3c2c(C)c2c(-c3ccc(C#N)cc3)nc3ccccc3c12. The summed E-state index contributed by atoms with van der Waals surface area (Å²) in [5.74, 6) is 0. The van der Waals surface area contributed by atoms with Gasteiger partial charge in [-0.15, -0.1) is 0 Å². The molecule has 0 aliphatic heterocycles. The Morgan fingerprint density at radius 2 is 0.833 bits per heavy atom. The molecule has 5 nitrogen and oxygen atoms in total. The Balaban J connectivity index is 1.22. The molecule has 60 heavy (non-hydrogen) atoms. The van der Waals surface area contributed by atoms with E-state index in [-0.39, 0.29) is 0 Å². The minimum Gasteiger partial charge on any atom is -0.247 e. The number of fused-ring (bicyclic) bond motifs is 6. The van der Waals surface area contributed by atoms with E-state index < -0.39 is 7.49 Å². The summed E-state index contributed by atoms with van der Waals surface area (Å²) >= 11 is 0. The molecule has 10 aromatic rings. The molecule has 0 saturated carbocycles. The average Bonchev–Trinajstić information content (AvgIpc) is 3.32. The molecule has 0 atom stereocenters. The summed E-state index contributed by atoms with van der Waals surface area (Å²) in [6, 6.07) is 63.0. The van der Waals surface area contributed by atoms with E-state index >= 15 is 0 Å². The van der Waals surface area contributed by atoms with Crippen molar-refractivity contribution in [3.8, 4) is 45.8 Å². The second kappa shape index (κ2) is 14.7. The van der Waals surface area contributed by atoms with Gasteiger partial charge in [0, 0.05) is 10.9 Å². The second-order valence-electron chi connectivity index (χ2n) is 15.3. The fraction of sp³-hybridized carbons (Fsp3) is 0.0370. The van der Waals surface area contributed by atoms with Crippen molar-refractivity contribution >= 4 is 66.8 Å². The van der Waals surface area contributed by atoms with E-state index in [1.54, 1.807) is 0 Å². The maximum atomic E-state index is 12.6. The fourth-order valence-corrected chi connectivity index (χ4v) is 12.0. The van der Waals surface area contributed by atoms with Gasteiger partial charge >= 0.3 is 246 Å². The molecular weight excluding hydrogens is 752 g/mol. The molecule has 0 spiro atoms. The molecular formula is C54H37N4OP. The molecule has 2 aromatic heterocycles. The van der Waals surface area contributed by atoms with Crippen LogP contribution in [0.4, 0.5) is 0 Å². The van der Waals surface area contributed by atoms with Gasteiger partial charge < -0.3 is 0 Å². The Labute approximate surface area is 348 Å². The second-order valence-corrected chi connectivity index (χ2v) is 18.5. The van der Waals surface area contributed by atoms with Gasteiger partial charge in [0.25, 0.3) is 0 Å². The Morgan fingerprint density at radius 1 is 0.417 bits per heavy atom. The quantitative estimate of drug-likeness (QED) is 0.103. The van der Waals surface area contributed by atoms with E-state index in [4.69, 9.17) is 9.97 Å². The van der Waals surface area contributed by atoms with Crippen LogP contribution in [-0.2, 0) is 0 Å². The minimum absolute atomic E-state index is 0.589. The van der Waals surface area contributed by atoms with Crippen molar-refractivity contribution in [1.29, 1.82) is 10.5 Å². The summed E-state index contributed by atoms with van der Waals surface area (Å²) in [6.45, 7) is 4.37. The third-order valence-electron chi connectivity index (χ3n) is 12.0. The molecule has 0 saturated heterocycles. The standard InChI is InChI=1S/C54H37N4OP/c1-34-49-45-15-9-10-16-47(45)57-53(39-21-17-36(32-55)18-22-39)51(49)35(2)50-46-30-27-41(31-48(46)58-54(52(34)50)40-23-19-37(33-56)20-24-40)38-25-28-44(29-26-38)60(59,42-11-5-3-6-12-42)43-13-7-4-8-14-43/h3-31,59-60H,1-2H3. The van der Waals surface area contributed by atoms with E-state index in [1.165, 1.54) is 0 Å². The Morgan fingerprint density at radius 3 is 1.35 bits per heavy atom. The number of para-hydroxylation sites is 1. The normalized spacial score (nSPS) is 11.8. The molecule has 0 bridgehead atoms. The number of aryl methyl sites for hydroxylation is 2. The first-order chi connectivity index (χ1) is 29.4. The Hall–Kier alpha value is -7.53. The van der Waals surface area contributed by atoms with Gasteiger partial charge in [-0.1, -0.05) is 30.3 Å². The van der Waals surface area contributed by atoms with Crippen LogP contribution in [0.1, 0.15) is 22.3 Å². The van der Waals surface area contributed by atoms with E-state index in [1.807, 2.05) is 115 Å². The topological polar surface area (TPSA) is 93.6 Å². The summed E-state index contributed by atoms with van der Waals surface area (Å²) in [5, 5.41) is 28.5. The van der Waals surface area contributed by atoms with Gasteiger partial charge in [-0.25, -0.2) is 4.98 Å². The molecule has 0 amide bonds. The molecule has 2 heterocycles. The average molecular weight is 789 g/mol. The Bertz CT molecular complexity index is 3350. The first kappa shape index (κ1) is 36.8. The van der Waals surface area contributed by atoms with E-state index in [0.717, 1.165) is 104 Å². The molecule has 0 aliphatic rings. The number of nitriles is 2. The molecule has 0 radical (unpaired) electrons. The minimum atomic E-state index is -3.27. The number of rotatable bonds is 6. The third kappa shape index (κ3) is 5.92. The number of hydrogen-bond donors (Lipinski definition) is 1. The zero-order valence-electron chi connectivity index (χ0n) is 33.0. The van der Waals surface area contributed by atoms with E-state index in [2.05, 4.69) is 86.6 Å². The number of hydrogen-bond acceptors (Lipinski definition) is 5. The van der Waals surface area contributed by atoms with Crippen LogP contribution in [0.3, 0.4) is 0 Å². The monoisotopic (exact) mass is 788 g/mol. The van der Waals surface area contributed by atoms with Gasteiger partial charge in [-0.2, -0.15) is 10.5 Å². The van der Waals surface area contributed by atoms with Crippen molar-refractivity contribution in [2.24, 2.45) is 0 Å². The van der Waals surface area contributed by atoms with Crippen molar-refractivity contribution in [1.82, 2.24) is 9.97 Å². The van der Waals surface area contributed by atoms with Crippen LogP contribution in [0.2, 0.25) is 0 Å². The predicted octanol–water partition coefficient (Wildman–Crippen LogP) is 11.4. The first-order valence-electron chi connectivity index (χ1n) is 19.9. The number of aromatic nitrogens is 2. The van der Waals surface area contributed by atoms with E-state index in [0.29, 0.717) is 11.1 Å². The van der Waals surface area contributed by atoms with Gasteiger partial charge in [0.2, 0.25) is 0 Å². The van der Waals surface area contributed by atoms with E-state index in [9.17, 15) is 15.4 Å². The van der Waals surface area contributed by atoms with Crippen LogP contribution in [0, 0.1) is 36.5 Å². The summed E-state index contributed by atoms with van der Waals surface area (Å²) in [7, 11) is -3.27. The van der Waals surface area contributed by atoms with Crippen LogP contribution in [0.15, 0.2) is 176 Å². The smallest absolute Gasteiger partial charge is 0.247 e. The molecule has 284 valence electrons. The maximum absolute atomic E-state index is 12.6. The molecule has 10 rings (SSSR count). The first-order valence-corrected chi connectivity index (χ1v) is 21.9. The van der Waals surface area contributed by atoms with Crippen LogP contribution in [-0.4, -0.2) is 14.9 Å². The van der Waals surface area contributed by atoms with Crippen molar-refractivity contribution < 1.29 is 4.89 Å². The summed E-state index contributed by atoms with van der Waals surface area (Å²) in [5.41, 5.74) is 10.7. The van der Waals surface area contributed by atoms with Gasteiger partial charge in [-0.05, 0) is 18.2 Å². The van der Waals surface area contributed by atoms with Gasteiger partial charge in [0.05, 0.1) is 28.8 Å². The van der Waals surface area contributed by atoms with Crippen LogP contribution >= 0.6 is 7.49 Å². The number of nitrogens with zero attached hydrogens (tertiary/aromatic N) is 4. The van der Waals surface area contributed by atoms with Crippen molar-refractivity contribution in [3.05, 3.63) is 198 Å². The third-order valence-corrected chi connectivity index (χ3v) is 15.5. The molecule has 0 aliphatic carbocycles. The number of pyridine rings is 2. The van der Waals surface area contributed by atoms with Crippen molar-refractivity contribution in [2.45, 2.75) is 13.8 Å². The zero-order valence-corrected chi connectivity index (χ0v) is 34.0. The van der Waals surface area contributed by atoms with Crippen LogP contribution < -0.4 is 15.9 Å². The van der Waals surface area contributed by atoms with Crippen LogP contribution in [0.5, 0.6) is 0 Å². The van der Waals surface area contributed by atoms with Crippen LogP contribution in [0.25, 0.3) is 77.0 Å². The zero-order chi connectivity index (χ0) is 41.0. The van der Waals surface area contributed by atoms with Gasteiger partial charge in [0.1, 0.15) is 0 Å². The molecule has 6 heteroatoms. The van der Waals surface area contributed by atoms with Crippen molar-refractivity contribution in [3.63, 3.8) is 0 Å². The fourth-order valence-electron chi connectivity index (χ4n) is 9.00. The summed E-state index contributed by atoms with van der Waals surface area (Å²) in [4.78, 5) is 23.4. The van der Waals surface area contributed by atoms with Gasteiger partial charge in [-0.3, -0.25) is 0 Å². The Kier molecular flexibility index (Phi) is 9.01. The molecule has 1 N–H and O–H groups in total. The summed E-state index contributed by atoms with van der Waals surface area (Å²) in [6.07, 6.45) is 0. The van der Waals surface area contributed by atoms with Crippen molar-refractivity contribution in [2.75, 3.05) is 0 Å².